The van der Waals surface area contributed by atoms with Crippen molar-refractivity contribution >= 4 is 33.0 Å². The molecule has 0 saturated heterocycles. The van der Waals surface area contributed by atoms with Gasteiger partial charge in [-0.3, -0.25) is 4.72 Å². The number of nitrogens with one attached hydrogen (secondary N) is 2. The van der Waals surface area contributed by atoms with Crippen LogP contribution in [0.15, 0.2) is 83.8 Å². The van der Waals surface area contributed by atoms with Gasteiger partial charge in [0.25, 0.3) is 10.0 Å². The Morgan fingerprint density at radius 1 is 0.769 bits per heavy atom. The Balaban J connectivity index is 1.56. The van der Waals surface area contributed by atoms with Crippen LogP contribution in [0.25, 0.3) is 0 Å². The van der Waals surface area contributed by atoms with Gasteiger partial charge in [-0.1, -0.05) is 41.9 Å². The molecule has 0 saturated carbocycles. The van der Waals surface area contributed by atoms with Gasteiger partial charge in [0.05, 0.1) is 4.90 Å². The molecule has 6 heteroatoms. The summed E-state index contributed by atoms with van der Waals surface area (Å²) < 4.78 is 27.2. The van der Waals surface area contributed by atoms with Gasteiger partial charge in [0, 0.05) is 22.9 Å². The number of rotatable bonds is 7. The quantitative estimate of drug-likeness (QED) is 0.613. The van der Waals surface area contributed by atoms with Crippen molar-refractivity contribution in [3.05, 3.63) is 89.4 Å². The van der Waals surface area contributed by atoms with Gasteiger partial charge in [0.1, 0.15) is 0 Å². The minimum absolute atomic E-state index is 0.241. The molecule has 0 unspecified atom stereocenters. The van der Waals surface area contributed by atoms with Crippen molar-refractivity contribution < 1.29 is 8.42 Å². The van der Waals surface area contributed by atoms with Crippen molar-refractivity contribution in [2.24, 2.45) is 0 Å². The molecule has 0 bridgehead atoms. The van der Waals surface area contributed by atoms with E-state index < -0.39 is 10.0 Å². The lowest BCUT2D eigenvalue weighted by molar-refractivity contribution is 0.601. The Morgan fingerprint density at radius 3 is 2.04 bits per heavy atom. The summed E-state index contributed by atoms with van der Waals surface area (Å²) in [6.07, 6.45) is 0.875. The van der Waals surface area contributed by atoms with Crippen molar-refractivity contribution in [1.82, 2.24) is 0 Å². The Bertz CT molecular complexity index is 941. The van der Waals surface area contributed by atoms with Gasteiger partial charge in [-0.05, 0) is 60.5 Å². The first-order valence-corrected chi connectivity index (χ1v) is 10.1. The first-order valence-electron chi connectivity index (χ1n) is 8.19. The Labute approximate surface area is 158 Å². The number of halogens is 1. The predicted molar refractivity (Wildman–Crippen MR) is 107 cm³/mol. The van der Waals surface area contributed by atoms with Crippen LogP contribution in [0.2, 0.25) is 5.02 Å². The van der Waals surface area contributed by atoms with E-state index in [2.05, 4.69) is 10.0 Å². The molecule has 26 heavy (non-hydrogen) atoms. The molecule has 0 amide bonds. The van der Waals surface area contributed by atoms with Crippen LogP contribution in [0.5, 0.6) is 0 Å². The summed E-state index contributed by atoms with van der Waals surface area (Å²) in [5, 5.41) is 4.05. The number of benzene rings is 3. The Kier molecular flexibility index (Phi) is 5.81. The third-order valence-corrected chi connectivity index (χ3v) is 5.50. The van der Waals surface area contributed by atoms with Crippen LogP contribution in [0.3, 0.4) is 0 Å². The van der Waals surface area contributed by atoms with Gasteiger partial charge < -0.3 is 5.32 Å². The highest BCUT2D eigenvalue weighted by Crippen LogP contribution is 2.18. The highest BCUT2D eigenvalue weighted by atomic mass is 35.5. The Morgan fingerprint density at radius 2 is 1.38 bits per heavy atom. The van der Waals surface area contributed by atoms with Crippen LogP contribution >= 0.6 is 11.6 Å². The van der Waals surface area contributed by atoms with Crippen LogP contribution in [0, 0.1) is 0 Å². The topological polar surface area (TPSA) is 58.2 Å². The average molecular weight is 387 g/mol. The lowest BCUT2D eigenvalue weighted by Crippen LogP contribution is -2.12. The van der Waals surface area contributed by atoms with Gasteiger partial charge in [0.15, 0.2) is 0 Å². The third kappa shape index (κ3) is 5.00. The minimum Gasteiger partial charge on any atom is -0.385 e. The summed E-state index contributed by atoms with van der Waals surface area (Å²) >= 11 is 5.88. The van der Waals surface area contributed by atoms with E-state index in [1.54, 1.807) is 42.5 Å². The number of anilines is 2. The van der Waals surface area contributed by atoms with Crippen molar-refractivity contribution in [3.8, 4) is 0 Å². The van der Waals surface area contributed by atoms with E-state index in [1.165, 1.54) is 5.56 Å². The zero-order chi connectivity index (χ0) is 18.4. The van der Waals surface area contributed by atoms with E-state index in [0.717, 1.165) is 23.7 Å². The van der Waals surface area contributed by atoms with E-state index in [1.807, 2.05) is 36.4 Å². The van der Waals surface area contributed by atoms with Crippen molar-refractivity contribution in [2.75, 3.05) is 16.6 Å². The molecule has 0 atom stereocenters. The van der Waals surface area contributed by atoms with Gasteiger partial charge in [-0.15, -0.1) is 0 Å². The molecule has 0 aromatic heterocycles. The van der Waals surface area contributed by atoms with E-state index in [-0.39, 0.29) is 4.90 Å². The molecule has 3 rings (SSSR count). The zero-order valence-corrected chi connectivity index (χ0v) is 15.6. The van der Waals surface area contributed by atoms with Crippen LogP contribution in [-0.2, 0) is 16.4 Å². The molecule has 0 aliphatic rings. The van der Waals surface area contributed by atoms with Gasteiger partial charge in [-0.25, -0.2) is 8.42 Å². The van der Waals surface area contributed by atoms with E-state index in [0.29, 0.717) is 5.69 Å². The second kappa shape index (κ2) is 8.25. The number of hydrogen-bond donors (Lipinski definition) is 2. The first-order chi connectivity index (χ1) is 12.5. The fourth-order valence-electron chi connectivity index (χ4n) is 2.47. The van der Waals surface area contributed by atoms with Crippen LogP contribution in [0.1, 0.15) is 5.56 Å². The van der Waals surface area contributed by atoms with Gasteiger partial charge >= 0.3 is 0 Å². The third-order valence-electron chi connectivity index (χ3n) is 3.85. The fourth-order valence-corrected chi connectivity index (χ4v) is 3.68. The summed E-state index contributed by atoms with van der Waals surface area (Å²) in [4.78, 5) is 0.241. The molecule has 0 radical (unpaired) electrons. The lowest BCUT2D eigenvalue weighted by atomic mass is 10.1. The average Bonchev–Trinajstić information content (AvgIpc) is 2.65. The molecule has 0 heterocycles. The van der Waals surface area contributed by atoms with Gasteiger partial charge in [-0.2, -0.15) is 0 Å². The molecule has 0 aliphatic carbocycles. The molecule has 0 aliphatic heterocycles. The van der Waals surface area contributed by atoms with E-state index in [9.17, 15) is 8.42 Å². The van der Waals surface area contributed by atoms with Crippen molar-refractivity contribution in [3.63, 3.8) is 0 Å². The standard InChI is InChI=1S/C20H19ClN2O2S/c21-17-8-6-16(7-9-17)14-15-22-18-10-12-19(13-11-18)23-26(24,25)20-4-2-1-3-5-20/h1-13,22-23H,14-15H2. The molecule has 0 spiro atoms. The lowest BCUT2D eigenvalue weighted by Gasteiger charge is -2.10. The first kappa shape index (κ1) is 18.3. The molecule has 0 fully saturated rings. The number of hydrogen-bond acceptors (Lipinski definition) is 3. The maximum atomic E-state index is 12.3. The normalized spacial score (nSPS) is 11.1. The SMILES string of the molecule is O=S(=O)(Nc1ccc(NCCc2ccc(Cl)cc2)cc1)c1ccccc1. The van der Waals surface area contributed by atoms with Crippen LogP contribution in [-0.4, -0.2) is 15.0 Å². The summed E-state index contributed by atoms with van der Waals surface area (Å²) in [5.74, 6) is 0. The summed E-state index contributed by atoms with van der Waals surface area (Å²) in [6, 6.07) is 23.3. The van der Waals surface area contributed by atoms with Crippen LogP contribution in [0.4, 0.5) is 11.4 Å². The zero-order valence-electron chi connectivity index (χ0n) is 14.0. The summed E-state index contributed by atoms with van der Waals surface area (Å²) in [5.41, 5.74) is 2.66. The monoisotopic (exact) mass is 386 g/mol. The molecule has 3 aromatic carbocycles. The second-order valence-electron chi connectivity index (χ2n) is 5.80. The summed E-state index contributed by atoms with van der Waals surface area (Å²) in [7, 11) is -3.56. The Hall–Kier alpha value is -2.50. The minimum atomic E-state index is -3.56. The molecule has 3 aromatic rings. The molecule has 134 valence electrons. The highest BCUT2D eigenvalue weighted by Gasteiger charge is 2.13. The highest BCUT2D eigenvalue weighted by molar-refractivity contribution is 7.92. The smallest absolute Gasteiger partial charge is 0.261 e. The van der Waals surface area contributed by atoms with Crippen LogP contribution < -0.4 is 10.0 Å². The second-order valence-corrected chi connectivity index (χ2v) is 7.92. The molecule has 4 nitrogen and oxygen atoms in total. The molecular weight excluding hydrogens is 368 g/mol. The van der Waals surface area contributed by atoms with Gasteiger partial charge in [0.2, 0.25) is 0 Å². The largest absolute Gasteiger partial charge is 0.385 e. The molecular formula is C20H19ClN2O2S. The molecule has 2 N–H and O–H groups in total. The van der Waals surface area contributed by atoms with Crippen molar-refractivity contribution in [1.29, 1.82) is 0 Å². The van der Waals surface area contributed by atoms with E-state index in [4.69, 9.17) is 11.6 Å². The maximum absolute atomic E-state index is 12.3. The number of sulfonamides is 1. The predicted octanol–water partition coefficient (Wildman–Crippen LogP) is 4.80. The van der Waals surface area contributed by atoms with E-state index >= 15 is 0 Å². The summed E-state index contributed by atoms with van der Waals surface area (Å²) in [6.45, 7) is 0.775. The maximum Gasteiger partial charge on any atom is 0.261 e. The fraction of sp³-hybridized carbons (Fsp3) is 0.100. The van der Waals surface area contributed by atoms with Crippen molar-refractivity contribution in [2.45, 2.75) is 11.3 Å².